The molecule has 2 nitrogen and oxygen atoms in total. The summed E-state index contributed by atoms with van der Waals surface area (Å²) in [5.41, 5.74) is 4.62. The van der Waals surface area contributed by atoms with Crippen LogP contribution in [0, 0.1) is 0 Å². The molecule has 3 aromatic rings. The second kappa shape index (κ2) is 4.88. The first kappa shape index (κ1) is 10.8. The van der Waals surface area contributed by atoms with Crippen LogP contribution in [-0.4, -0.2) is 9.97 Å². The van der Waals surface area contributed by atoms with Gasteiger partial charge in [0.25, 0.3) is 0 Å². The number of allylic oxidation sites excluding steroid dienone is 1. The van der Waals surface area contributed by atoms with Gasteiger partial charge in [-0.05, 0) is 29.7 Å². The van der Waals surface area contributed by atoms with Crippen molar-refractivity contribution in [3.8, 4) is 0 Å². The third-order valence-corrected chi connectivity index (χ3v) is 2.96. The molecule has 18 heavy (non-hydrogen) atoms. The molecule has 0 aliphatic carbocycles. The summed E-state index contributed by atoms with van der Waals surface area (Å²) in [6.45, 7) is 0. The second-order valence-electron chi connectivity index (χ2n) is 4.23. The van der Waals surface area contributed by atoms with Crippen LogP contribution in [0.1, 0.15) is 11.1 Å². The maximum atomic E-state index is 4.40. The van der Waals surface area contributed by atoms with Gasteiger partial charge in [0.2, 0.25) is 0 Å². The number of H-pyrrole nitrogens is 1. The van der Waals surface area contributed by atoms with Gasteiger partial charge in [0.15, 0.2) is 0 Å². The van der Waals surface area contributed by atoms with Crippen molar-refractivity contribution in [2.45, 2.75) is 6.42 Å². The number of hydrogen-bond acceptors (Lipinski definition) is 1. The Kier molecular flexibility index (Phi) is 2.92. The van der Waals surface area contributed by atoms with Gasteiger partial charge in [-0.3, -0.25) is 4.98 Å². The number of nitrogens with zero attached hydrogens (tertiary/aromatic N) is 1. The van der Waals surface area contributed by atoms with Crippen molar-refractivity contribution in [3.63, 3.8) is 0 Å². The molecular formula is C16H14N2. The molecule has 0 aliphatic heterocycles. The van der Waals surface area contributed by atoms with E-state index in [2.05, 4.69) is 34.3 Å². The first-order valence-corrected chi connectivity index (χ1v) is 6.06. The summed E-state index contributed by atoms with van der Waals surface area (Å²) in [4.78, 5) is 7.64. The van der Waals surface area contributed by atoms with Crippen LogP contribution in [0.25, 0.3) is 17.1 Å². The summed E-state index contributed by atoms with van der Waals surface area (Å²) >= 11 is 0. The van der Waals surface area contributed by atoms with Crippen LogP contribution in [0.2, 0.25) is 0 Å². The number of nitrogens with one attached hydrogen (secondary N) is 1. The molecule has 0 aliphatic rings. The van der Waals surface area contributed by atoms with E-state index in [1.54, 1.807) is 0 Å². The molecule has 0 bridgehead atoms. The van der Waals surface area contributed by atoms with Gasteiger partial charge in [0.1, 0.15) is 0 Å². The van der Waals surface area contributed by atoms with Gasteiger partial charge in [0, 0.05) is 12.4 Å². The lowest BCUT2D eigenvalue weighted by Crippen LogP contribution is -1.80. The molecule has 3 rings (SSSR count). The molecule has 0 saturated heterocycles. The van der Waals surface area contributed by atoms with Crippen molar-refractivity contribution in [1.29, 1.82) is 0 Å². The zero-order chi connectivity index (χ0) is 12.2. The van der Waals surface area contributed by atoms with Crippen molar-refractivity contribution in [1.82, 2.24) is 9.97 Å². The quantitative estimate of drug-likeness (QED) is 0.733. The third-order valence-electron chi connectivity index (χ3n) is 2.96. The van der Waals surface area contributed by atoms with Crippen LogP contribution in [0.15, 0.2) is 60.9 Å². The Morgan fingerprint density at radius 1 is 1.06 bits per heavy atom. The van der Waals surface area contributed by atoms with Gasteiger partial charge in [-0.15, -0.1) is 0 Å². The fraction of sp³-hybridized carbons (Fsp3) is 0.0625. The van der Waals surface area contributed by atoms with E-state index in [9.17, 15) is 0 Å². The van der Waals surface area contributed by atoms with Crippen molar-refractivity contribution in [3.05, 3.63) is 72.1 Å². The topological polar surface area (TPSA) is 28.7 Å². The zero-order valence-corrected chi connectivity index (χ0v) is 10.0. The normalized spacial score (nSPS) is 11.3. The number of rotatable bonds is 3. The predicted molar refractivity (Wildman–Crippen MR) is 75.3 cm³/mol. The van der Waals surface area contributed by atoms with E-state index in [1.165, 1.54) is 11.1 Å². The zero-order valence-electron chi connectivity index (χ0n) is 10.0. The van der Waals surface area contributed by atoms with Crippen LogP contribution in [-0.2, 0) is 6.42 Å². The van der Waals surface area contributed by atoms with Crippen molar-refractivity contribution in [2.24, 2.45) is 0 Å². The highest BCUT2D eigenvalue weighted by atomic mass is 14.8. The maximum absolute atomic E-state index is 4.40. The number of aromatic nitrogens is 2. The molecule has 0 fully saturated rings. The van der Waals surface area contributed by atoms with Crippen molar-refractivity contribution < 1.29 is 0 Å². The Bertz CT molecular complexity index is 666. The fourth-order valence-electron chi connectivity index (χ4n) is 2.05. The lowest BCUT2D eigenvalue weighted by Gasteiger charge is -1.93. The molecule has 0 spiro atoms. The van der Waals surface area contributed by atoms with E-state index in [0.29, 0.717) is 0 Å². The lowest BCUT2D eigenvalue weighted by molar-refractivity contribution is 1.27. The summed E-state index contributed by atoms with van der Waals surface area (Å²) < 4.78 is 0. The lowest BCUT2D eigenvalue weighted by atomic mass is 10.1. The molecular weight excluding hydrogens is 220 g/mol. The molecule has 2 aromatic heterocycles. The van der Waals surface area contributed by atoms with E-state index < -0.39 is 0 Å². The first-order valence-electron chi connectivity index (χ1n) is 6.06. The van der Waals surface area contributed by atoms with E-state index >= 15 is 0 Å². The number of aromatic amines is 1. The summed E-state index contributed by atoms with van der Waals surface area (Å²) in [6, 6.07) is 14.3. The van der Waals surface area contributed by atoms with Gasteiger partial charge < -0.3 is 4.98 Å². The minimum Gasteiger partial charge on any atom is -0.360 e. The van der Waals surface area contributed by atoms with Crippen LogP contribution in [0.5, 0.6) is 0 Å². The van der Waals surface area contributed by atoms with Crippen LogP contribution < -0.4 is 0 Å². The van der Waals surface area contributed by atoms with Gasteiger partial charge >= 0.3 is 0 Å². The molecule has 0 unspecified atom stereocenters. The second-order valence-corrected chi connectivity index (χ2v) is 4.23. The number of pyridine rings is 1. The summed E-state index contributed by atoms with van der Waals surface area (Å²) in [5, 5.41) is 0. The molecule has 0 radical (unpaired) electrons. The largest absolute Gasteiger partial charge is 0.360 e. The summed E-state index contributed by atoms with van der Waals surface area (Å²) in [7, 11) is 0. The molecule has 1 N–H and O–H groups in total. The van der Waals surface area contributed by atoms with Gasteiger partial charge in [0.05, 0.1) is 11.0 Å². The first-order chi connectivity index (χ1) is 8.93. The molecule has 0 saturated carbocycles. The molecule has 2 heteroatoms. The fourth-order valence-corrected chi connectivity index (χ4v) is 2.05. The van der Waals surface area contributed by atoms with Gasteiger partial charge in [-0.25, -0.2) is 0 Å². The van der Waals surface area contributed by atoms with Crippen LogP contribution >= 0.6 is 0 Å². The Balaban J connectivity index is 1.79. The Morgan fingerprint density at radius 3 is 2.83 bits per heavy atom. The molecule has 88 valence electrons. The predicted octanol–water partition coefficient (Wildman–Crippen LogP) is 3.82. The molecule has 1 aromatic carbocycles. The van der Waals surface area contributed by atoms with E-state index in [0.717, 1.165) is 17.5 Å². The molecule has 0 atom stereocenters. The van der Waals surface area contributed by atoms with Gasteiger partial charge in [-0.2, -0.15) is 0 Å². The Hall–Kier alpha value is -2.35. The SMILES string of the molecule is C(=C\c1ccccc1)/Cc1c[nH]c2cccnc12. The minimum absolute atomic E-state index is 0.895. The summed E-state index contributed by atoms with van der Waals surface area (Å²) in [5.74, 6) is 0. The standard InChI is InChI=1S/C16H14N2/c1-2-6-13(7-3-1)8-4-9-14-12-18-15-10-5-11-17-16(14)15/h1-8,10-12,18H,9H2/b8-4+. The number of fused-ring (bicyclic) bond motifs is 1. The Labute approximate surface area is 106 Å². The maximum Gasteiger partial charge on any atom is 0.0913 e. The van der Waals surface area contributed by atoms with Gasteiger partial charge in [-0.1, -0.05) is 42.5 Å². The average molecular weight is 234 g/mol. The number of hydrogen-bond donors (Lipinski definition) is 1. The summed E-state index contributed by atoms with van der Waals surface area (Å²) in [6.07, 6.45) is 9.08. The van der Waals surface area contributed by atoms with E-state index in [4.69, 9.17) is 0 Å². The van der Waals surface area contributed by atoms with E-state index in [1.807, 2.05) is 42.7 Å². The minimum atomic E-state index is 0.895. The highest BCUT2D eigenvalue weighted by Gasteiger charge is 2.01. The molecule has 2 heterocycles. The highest BCUT2D eigenvalue weighted by molar-refractivity contribution is 5.78. The third kappa shape index (κ3) is 2.18. The highest BCUT2D eigenvalue weighted by Crippen LogP contribution is 2.16. The molecule has 0 amide bonds. The smallest absolute Gasteiger partial charge is 0.0913 e. The monoisotopic (exact) mass is 234 g/mol. The number of benzene rings is 1. The average Bonchev–Trinajstić information content (AvgIpc) is 2.84. The van der Waals surface area contributed by atoms with Crippen LogP contribution in [0.3, 0.4) is 0 Å². The Morgan fingerprint density at radius 2 is 1.94 bits per heavy atom. The van der Waals surface area contributed by atoms with E-state index in [-0.39, 0.29) is 0 Å². The van der Waals surface area contributed by atoms with Crippen molar-refractivity contribution >= 4 is 17.1 Å². The van der Waals surface area contributed by atoms with Crippen molar-refractivity contribution in [2.75, 3.05) is 0 Å². The van der Waals surface area contributed by atoms with Crippen LogP contribution in [0.4, 0.5) is 0 Å².